The van der Waals surface area contributed by atoms with Crippen molar-refractivity contribution in [2.45, 2.75) is 6.42 Å². The molecule has 9 heteroatoms. The maximum Gasteiger partial charge on any atom is 0.317 e. The Balaban J connectivity index is 1.26. The standard InChI is InChI=1S/C23H27N5O4/c1-31-18-6-7-19(20(15-18)32-2)22(29)26-11-13-27(14-12-26)23(30)24-9-8-17-16-28-10-4-3-5-21(28)25-17/h3-7,10,15-16H,8-9,11-14H2,1-2H3,(H,24,30). The Bertz CT molecular complexity index is 1070. The van der Waals surface area contributed by atoms with E-state index in [9.17, 15) is 9.59 Å². The number of carbonyl (C=O) groups excluding carboxylic acids is 2. The van der Waals surface area contributed by atoms with Gasteiger partial charge in [-0.3, -0.25) is 4.79 Å². The van der Waals surface area contributed by atoms with Crippen LogP contribution in [-0.4, -0.2) is 78.1 Å². The Morgan fingerprint density at radius 3 is 2.53 bits per heavy atom. The smallest absolute Gasteiger partial charge is 0.317 e. The first-order valence-electron chi connectivity index (χ1n) is 10.6. The monoisotopic (exact) mass is 437 g/mol. The second-order valence-electron chi connectivity index (χ2n) is 7.53. The summed E-state index contributed by atoms with van der Waals surface area (Å²) in [6.45, 7) is 2.39. The van der Waals surface area contributed by atoms with Crippen molar-refractivity contribution in [3.05, 3.63) is 60.0 Å². The van der Waals surface area contributed by atoms with Crippen LogP contribution in [0.4, 0.5) is 4.79 Å². The van der Waals surface area contributed by atoms with Crippen molar-refractivity contribution < 1.29 is 19.1 Å². The summed E-state index contributed by atoms with van der Waals surface area (Å²) in [5.41, 5.74) is 2.31. The third-order valence-electron chi connectivity index (χ3n) is 5.56. The Kier molecular flexibility index (Phi) is 6.44. The van der Waals surface area contributed by atoms with E-state index >= 15 is 0 Å². The molecule has 1 aliphatic rings. The first-order valence-corrected chi connectivity index (χ1v) is 10.6. The molecular weight excluding hydrogens is 410 g/mol. The molecule has 0 unspecified atom stereocenters. The molecule has 0 saturated carbocycles. The number of methoxy groups -OCH3 is 2. The first kappa shape index (κ1) is 21.5. The molecule has 3 heterocycles. The zero-order chi connectivity index (χ0) is 22.5. The van der Waals surface area contributed by atoms with Gasteiger partial charge in [-0.2, -0.15) is 0 Å². The van der Waals surface area contributed by atoms with Crippen LogP contribution in [0.25, 0.3) is 5.65 Å². The largest absolute Gasteiger partial charge is 0.497 e. The van der Waals surface area contributed by atoms with Crippen molar-refractivity contribution in [2.24, 2.45) is 0 Å². The number of rotatable bonds is 6. The summed E-state index contributed by atoms with van der Waals surface area (Å²) >= 11 is 0. The fraction of sp³-hybridized carbons (Fsp3) is 0.348. The number of piperazine rings is 1. The summed E-state index contributed by atoms with van der Waals surface area (Å²) in [7, 11) is 3.10. The number of carbonyl (C=O) groups is 2. The van der Waals surface area contributed by atoms with E-state index in [-0.39, 0.29) is 11.9 Å². The molecule has 1 N–H and O–H groups in total. The minimum Gasteiger partial charge on any atom is -0.497 e. The molecule has 0 atom stereocenters. The summed E-state index contributed by atoms with van der Waals surface area (Å²) < 4.78 is 12.5. The first-order chi connectivity index (χ1) is 15.6. The highest BCUT2D eigenvalue weighted by atomic mass is 16.5. The van der Waals surface area contributed by atoms with E-state index in [1.165, 1.54) is 7.11 Å². The second-order valence-corrected chi connectivity index (χ2v) is 7.53. The lowest BCUT2D eigenvalue weighted by molar-refractivity contribution is 0.0662. The van der Waals surface area contributed by atoms with Crippen molar-refractivity contribution in [1.82, 2.24) is 24.5 Å². The zero-order valence-corrected chi connectivity index (χ0v) is 18.3. The topological polar surface area (TPSA) is 88.4 Å². The van der Waals surface area contributed by atoms with Gasteiger partial charge in [0.05, 0.1) is 25.5 Å². The maximum absolute atomic E-state index is 12.9. The molecule has 2 aromatic heterocycles. The van der Waals surface area contributed by atoms with E-state index in [1.54, 1.807) is 35.1 Å². The van der Waals surface area contributed by atoms with Gasteiger partial charge in [0.25, 0.3) is 5.91 Å². The van der Waals surface area contributed by atoms with Crippen LogP contribution in [0.15, 0.2) is 48.8 Å². The molecule has 4 rings (SSSR count). The van der Waals surface area contributed by atoms with Crippen molar-refractivity contribution in [2.75, 3.05) is 46.9 Å². The van der Waals surface area contributed by atoms with Crippen LogP contribution in [0.3, 0.4) is 0 Å². The average molecular weight is 438 g/mol. The predicted molar refractivity (Wildman–Crippen MR) is 119 cm³/mol. The van der Waals surface area contributed by atoms with Gasteiger partial charge in [0, 0.05) is 57.6 Å². The molecule has 9 nitrogen and oxygen atoms in total. The Morgan fingerprint density at radius 1 is 1.03 bits per heavy atom. The summed E-state index contributed by atoms with van der Waals surface area (Å²) in [5.74, 6) is 0.987. The Labute approximate surface area is 186 Å². The van der Waals surface area contributed by atoms with E-state index in [2.05, 4.69) is 10.3 Å². The van der Waals surface area contributed by atoms with Crippen LogP contribution in [0.1, 0.15) is 16.1 Å². The number of hydrogen-bond donors (Lipinski definition) is 1. The number of amides is 3. The van der Waals surface area contributed by atoms with E-state index in [4.69, 9.17) is 9.47 Å². The Morgan fingerprint density at radius 2 is 1.81 bits per heavy atom. The quantitative estimate of drug-likeness (QED) is 0.638. The summed E-state index contributed by atoms with van der Waals surface area (Å²) in [6.07, 6.45) is 4.58. The van der Waals surface area contributed by atoms with E-state index < -0.39 is 0 Å². The minimum absolute atomic E-state index is 0.114. The van der Waals surface area contributed by atoms with Crippen molar-refractivity contribution in [3.63, 3.8) is 0 Å². The lowest BCUT2D eigenvalue weighted by Crippen LogP contribution is -2.53. The van der Waals surface area contributed by atoms with Crippen molar-refractivity contribution in [1.29, 1.82) is 0 Å². The summed E-state index contributed by atoms with van der Waals surface area (Å²) in [6, 6.07) is 10.9. The number of nitrogens with one attached hydrogen (secondary N) is 1. The van der Waals surface area contributed by atoms with Crippen molar-refractivity contribution >= 4 is 17.6 Å². The number of pyridine rings is 1. The molecule has 0 spiro atoms. The second kappa shape index (κ2) is 9.59. The predicted octanol–water partition coefficient (Wildman–Crippen LogP) is 2.06. The SMILES string of the molecule is COc1ccc(C(=O)N2CCN(C(=O)NCCc3cn4ccccc4n3)CC2)c(OC)c1. The molecule has 32 heavy (non-hydrogen) atoms. The molecule has 1 fully saturated rings. The number of aromatic nitrogens is 2. The van der Waals surface area contributed by atoms with Crippen LogP contribution < -0.4 is 14.8 Å². The highest BCUT2D eigenvalue weighted by Gasteiger charge is 2.26. The van der Waals surface area contributed by atoms with Gasteiger partial charge in [-0.25, -0.2) is 9.78 Å². The number of benzene rings is 1. The van der Waals surface area contributed by atoms with Crippen LogP contribution in [0, 0.1) is 0 Å². The molecule has 3 amide bonds. The molecule has 1 saturated heterocycles. The number of ether oxygens (including phenoxy) is 2. The van der Waals surface area contributed by atoms with E-state index in [0.717, 1.165) is 11.3 Å². The van der Waals surface area contributed by atoms with Gasteiger partial charge in [-0.05, 0) is 24.3 Å². The summed E-state index contributed by atoms with van der Waals surface area (Å²) in [4.78, 5) is 33.5. The number of fused-ring (bicyclic) bond motifs is 1. The van der Waals surface area contributed by atoms with Gasteiger partial charge in [0.1, 0.15) is 17.1 Å². The fourth-order valence-electron chi connectivity index (χ4n) is 3.78. The molecule has 0 aliphatic carbocycles. The number of hydrogen-bond acceptors (Lipinski definition) is 5. The fourth-order valence-corrected chi connectivity index (χ4v) is 3.78. The lowest BCUT2D eigenvalue weighted by Gasteiger charge is -2.35. The average Bonchev–Trinajstić information content (AvgIpc) is 3.26. The van der Waals surface area contributed by atoms with Gasteiger partial charge in [-0.1, -0.05) is 6.07 Å². The van der Waals surface area contributed by atoms with Gasteiger partial charge < -0.3 is 29.0 Å². The lowest BCUT2D eigenvalue weighted by atomic mass is 10.1. The molecule has 168 valence electrons. The number of urea groups is 1. The van der Waals surface area contributed by atoms with Gasteiger partial charge in [-0.15, -0.1) is 0 Å². The zero-order valence-electron chi connectivity index (χ0n) is 18.3. The molecular formula is C23H27N5O4. The molecule has 0 radical (unpaired) electrons. The van der Waals surface area contributed by atoms with Gasteiger partial charge in [0.2, 0.25) is 0 Å². The van der Waals surface area contributed by atoms with Crippen LogP contribution in [0.2, 0.25) is 0 Å². The third-order valence-corrected chi connectivity index (χ3v) is 5.56. The highest BCUT2D eigenvalue weighted by Crippen LogP contribution is 2.26. The van der Waals surface area contributed by atoms with Crippen LogP contribution in [-0.2, 0) is 6.42 Å². The van der Waals surface area contributed by atoms with E-state index in [1.807, 2.05) is 35.0 Å². The van der Waals surface area contributed by atoms with E-state index in [0.29, 0.717) is 56.2 Å². The van der Waals surface area contributed by atoms with Crippen LogP contribution >= 0.6 is 0 Å². The molecule has 3 aromatic rings. The number of imidazole rings is 1. The van der Waals surface area contributed by atoms with Crippen LogP contribution in [0.5, 0.6) is 11.5 Å². The van der Waals surface area contributed by atoms with Gasteiger partial charge in [0.15, 0.2) is 0 Å². The normalized spacial score (nSPS) is 13.8. The Hall–Kier alpha value is -3.75. The van der Waals surface area contributed by atoms with Gasteiger partial charge >= 0.3 is 6.03 Å². The minimum atomic E-state index is -0.122. The highest BCUT2D eigenvalue weighted by molar-refractivity contribution is 5.97. The summed E-state index contributed by atoms with van der Waals surface area (Å²) in [5, 5.41) is 2.95. The molecule has 1 aromatic carbocycles. The maximum atomic E-state index is 12.9. The van der Waals surface area contributed by atoms with Crippen molar-refractivity contribution in [3.8, 4) is 11.5 Å². The third kappa shape index (κ3) is 4.61. The molecule has 0 bridgehead atoms. The number of nitrogens with zero attached hydrogens (tertiary/aromatic N) is 4. The molecule has 1 aliphatic heterocycles.